The van der Waals surface area contributed by atoms with Gasteiger partial charge < -0.3 is 28.3 Å². The van der Waals surface area contributed by atoms with E-state index in [2.05, 4.69) is 88.3 Å². The lowest BCUT2D eigenvalue weighted by atomic mass is 10.1. The molecular weight excluding hydrogens is 464 g/mol. The van der Waals surface area contributed by atoms with Gasteiger partial charge in [-0.1, -0.05) is 55.8 Å². The summed E-state index contributed by atoms with van der Waals surface area (Å²) < 4.78 is 24.5. The molecule has 0 fully saturated rings. The molecule has 2 aromatic carbocycles. The van der Waals surface area contributed by atoms with Gasteiger partial charge in [0.1, 0.15) is 12.6 Å². The van der Waals surface area contributed by atoms with E-state index in [1.54, 1.807) is 0 Å². The highest BCUT2D eigenvalue weighted by molar-refractivity contribution is 5.48. The molecule has 1 unspecified atom stereocenters. The maximum Gasteiger partial charge on any atom is 0.102 e. The third-order valence-corrected chi connectivity index (χ3v) is 6.55. The summed E-state index contributed by atoms with van der Waals surface area (Å²) in [7, 11) is 4.53. The lowest BCUT2D eigenvalue weighted by Gasteiger charge is -2.29. The van der Waals surface area contributed by atoms with E-state index < -0.39 is 0 Å². The highest BCUT2D eigenvalue weighted by Gasteiger charge is 2.17. The van der Waals surface area contributed by atoms with Crippen molar-refractivity contribution in [2.75, 3.05) is 91.4 Å². The molecule has 1 atom stereocenters. The van der Waals surface area contributed by atoms with Crippen molar-refractivity contribution in [1.82, 2.24) is 0 Å². The Bertz CT molecular complexity index is 831. The Kier molecular flexibility index (Phi) is 15.5. The number of hydrogen-bond acceptors (Lipinski definition) is 5. The van der Waals surface area contributed by atoms with Gasteiger partial charge in [-0.25, -0.2) is 0 Å². The standard InChI is InChI=1S/C31H51N2O4/c1-6-8-17-33(4,5)18-19-34-20-21-35-22-23-36-24-25-37-31(29-14-10-9-11-15-29)27-32(7-2)30-16-12-13-28(3)26-30/h9-16,26,31H,6-8,17-25,27H2,1-5H3/q+1. The van der Waals surface area contributed by atoms with Crippen LogP contribution >= 0.6 is 0 Å². The second kappa shape index (κ2) is 18.3. The van der Waals surface area contributed by atoms with Crippen LogP contribution < -0.4 is 4.90 Å². The largest absolute Gasteiger partial charge is 0.377 e. The summed E-state index contributed by atoms with van der Waals surface area (Å²) in [5, 5.41) is 0. The van der Waals surface area contributed by atoms with Crippen molar-refractivity contribution in [3.63, 3.8) is 0 Å². The predicted octanol–water partition coefficient (Wildman–Crippen LogP) is 5.51. The van der Waals surface area contributed by atoms with Gasteiger partial charge in [-0.2, -0.15) is 0 Å². The molecule has 37 heavy (non-hydrogen) atoms. The monoisotopic (exact) mass is 515 g/mol. The van der Waals surface area contributed by atoms with Crippen LogP contribution in [-0.2, 0) is 18.9 Å². The molecule has 0 N–H and O–H groups in total. The Morgan fingerprint density at radius 2 is 1.41 bits per heavy atom. The van der Waals surface area contributed by atoms with Gasteiger partial charge in [-0.05, 0) is 43.5 Å². The van der Waals surface area contributed by atoms with Gasteiger partial charge >= 0.3 is 0 Å². The predicted molar refractivity (Wildman–Crippen MR) is 153 cm³/mol. The molecule has 0 aliphatic carbocycles. The fourth-order valence-electron chi connectivity index (χ4n) is 4.16. The molecule has 0 saturated carbocycles. The zero-order chi connectivity index (χ0) is 26.8. The van der Waals surface area contributed by atoms with Crippen LogP contribution in [-0.4, -0.2) is 91.0 Å². The number of aryl methyl sites for hydroxylation is 1. The van der Waals surface area contributed by atoms with Crippen molar-refractivity contribution < 1.29 is 23.4 Å². The fraction of sp³-hybridized carbons (Fsp3) is 0.613. The number of hydrogen-bond donors (Lipinski definition) is 0. The van der Waals surface area contributed by atoms with E-state index >= 15 is 0 Å². The van der Waals surface area contributed by atoms with Crippen LogP contribution in [0.4, 0.5) is 5.69 Å². The number of quaternary nitrogens is 1. The van der Waals surface area contributed by atoms with Gasteiger partial charge in [0, 0.05) is 18.8 Å². The van der Waals surface area contributed by atoms with Crippen LogP contribution in [0.1, 0.15) is 43.9 Å². The third-order valence-electron chi connectivity index (χ3n) is 6.55. The average Bonchev–Trinajstić information content (AvgIpc) is 2.90. The topological polar surface area (TPSA) is 40.2 Å². The fourth-order valence-corrected chi connectivity index (χ4v) is 4.16. The smallest absolute Gasteiger partial charge is 0.102 e. The minimum Gasteiger partial charge on any atom is -0.377 e. The molecule has 6 heteroatoms. The summed E-state index contributed by atoms with van der Waals surface area (Å²) >= 11 is 0. The zero-order valence-corrected chi connectivity index (χ0v) is 24.0. The van der Waals surface area contributed by atoms with Crippen LogP contribution in [0.3, 0.4) is 0 Å². The Labute approximate surface area is 226 Å². The number of nitrogens with zero attached hydrogens (tertiary/aromatic N) is 2. The van der Waals surface area contributed by atoms with E-state index in [4.69, 9.17) is 18.9 Å². The van der Waals surface area contributed by atoms with E-state index in [0.29, 0.717) is 39.6 Å². The Morgan fingerprint density at radius 3 is 2.03 bits per heavy atom. The molecule has 208 valence electrons. The first-order valence-corrected chi connectivity index (χ1v) is 14.0. The first-order valence-electron chi connectivity index (χ1n) is 14.0. The summed E-state index contributed by atoms with van der Waals surface area (Å²) in [5.74, 6) is 0. The van der Waals surface area contributed by atoms with E-state index in [1.807, 2.05) is 6.07 Å². The molecule has 2 aromatic rings. The summed E-state index contributed by atoms with van der Waals surface area (Å²) in [4.78, 5) is 2.37. The normalized spacial score (nSPS) is 12.6. The number of ether oxygens (including phenoxy) is 4. The third kappa shape index (κ3) is 13.4. The van der Waals surface area contributed by atoms with Crippen molar-refractivity contribution in [3.8, 4) is 0 Å². The highest BCUT2D eigenvalue weighted by Crippen LogP contribution is 2.23. The van der Waals surface area contributed by atoms with Crippen molar-refractivity contribution >= 4 is 5.69 Å². The first-order chi connectivity index (χ1) is 17.9. The van der Waals surface area contributed by atoms with Gasteiger partial charge in [0.15, 0.2) is 0 Å². The molecule has 0 amide bonds. The minimum atomic E-state index is -0.0239. The number of unbranched alkanes of at least 4 members (excludes halogenated alkanes) is 1. The molecule has 2 rings (SSSR count). The molecule has 0 radical (unpaired) electrons. The Hall–Kier alpha value is -1.96. The molecule has 0 spiro atoms. The lowest BCUT2D eigenvalue weighted by Crippen LogP contribution is -2.43. The molecular formula is C31H51N2O4+. The maximum absolute atomic E-state index is 6.31. The quantitative estimate of drug-likeness (QED) is 0.162. The Morgan fingerprint density at radius 1 is 0.757 bits per heavy atom. The molecule has 0 saturated heterocycles. The SMILES string of the molecule is CCCC[N+](C)(C)CCOCCOCCOCCOC(CN(CC)c1cccc(C)c1)c1ccccc1. The molecule has 0 aromatic heterocycles. The van der Waals surface area contributed by atoms with Crippen molar-refractivity contribution in [2.24, 2.45) is 0 Å². The maximum atomic E-state index is 6.31. The van der Waals surface area contributed by atoms with Crippen LogP contribution in [0, 0.1) is 6.92 Å². The first kappa shape index (κ1) is 31.3. The summed E-state index contributed by atoms with van der Waals surface area (Å²) in [6.45, 7) is 14.7. The molecule has 0 bridgehead atoms. The van der Waals surface area contributed by atoms with E-state index in [0.717, 1.165) is 30.7 Å². The van der Waals surface area contributed by atoms with Gasteiger partial charge in [-0.3, -0.25) is 0 Å². The van der Waals surface area contributed by atoms with E-state index in [9.17, 15) is 0 Å². The Balaban J connectivity index is 1.62. The zero-order valence-electron chi connectivity index (χ0n) is 24.0. The van der Waals surface area contributed by atoms with Gasteiger partial charge in [0.2, 0.25) is 0 Å². The average molecular weight is 516 g/mol. The molecule has 6 nitrogen and oxygen atoms in total. The number of benzene rings is 2. The van der Waals surface area contributed by atoms with Gasteiger partial charge in [-0.15, -0.1) is 0 Å². The number of rotatable bonds is 21. The number of anilines is 1. The molecule has 0 aliphatic rings. The lowest BCUT2D eigenvalue weighted by molar-refractivity contribution is -0.890. The highest BCUT2D eigenvalue weighted by atomic mass is 16.6. The second-order valence-corrected chi connectivity index (χ2v) is 10.2. The van der Waals surface area contributed by atoms with Gasteiger partial charge in [0.25, 0.3) is 0 Å². The summed E-state index contributed by atoms with van der Waals surface area (Å²) in [5.41, 5.74) is 3.68. The van der Waals surface area contributed by atoms with E-state index in [-0.39, 0.29) is 6.10 Å². The van der Waals surface area contributed by atoms with Crippen molar-refractivity contribution in [3.05, 3.63) is 65.7 Å². The summed E-state index contributed by atoms with van der Waals surface area (Å²) in [6.07, 6.45) is 2.48. The van der Waals surface area contributed by atoms with Crippen molar-refractivity contribution in [2.45, 2.75) is 39.7 Å². The van der Waals surface area contributed by atoms with Gasteiger partial charge in [0.05, 0.1) is 66.9 Å². The minimum absolute atomic E-state index is 0.0239. The molecule has 0 heterocycles. The molecule has 0 aliphatic heterocycles. The van der Waals surface area contributed by atoms with E-state index in [1.165, 1.54) is 36.2 Å². The van der Waals surface area contributed by atoms with Crippen LogP contribution in [0.5, 0.6) is 0 Å². The second-order valence-electron chi connectivity index (χ2n) is 10.2. The van der Waals surface area contributed by atoms with Crippen LogP contribution in [0.2, 0.25) is 0 Å². The van der Waals surface area contributed by atoms with Crippen LogP contribution in [0.15, 0.2) is 54.6 Å². The summed E-state index contributed by atoms with van der Waals surface area (Å²) in [6, 6.07) is 19.1. The van der Waals surface area contributed by atoms with Crippen molar-refractivity contribution in [1.29, 1.82) is 0 Å². The van der Waals surface area contributed by atoms with Crippen LogP contribution in [0.25, 0.3) is 0 Å². The number of likely N-dealkylation sites (N-methyl/N-ethyl adjacent to an activating group) is 2.